The van der Waals surface area contributed by atoms with Crippen molar-refractivity contribution in [3.8, 4) is 0 Å². The Bertz CT molecular complexity index is 508. The number of benzene rings is 1. The highest BCUT2D eigenvalue weighted by Gasteiger charge is 2.15. The number of halogens is 2. The van der Waals surface area contributed by atoms with Crippen molar-refractivity contribution in [2.75, 3.05) is 0 Å². The van der Waals surface area contributed by atoms with E-state index in [1.807, 2.05) is 13.1 Å². The van der Waals surface area contributed by atoms with Gasteiger partial charge in [0.15, 0.2) is 0 Å². The zero-order chi connectivity index (χ0) is 11.7. The molecule has 5 heteroatoms. The topological polar surface area (TPSA) is 43.8 Å². The molecule has 0 aliphatic carbocycles. The van der Waals surface area contributed by atoms with Crippen molar-refractivity contribution >= 4 is 23.2 Å². The van der Waals surface area contributed by atoms with Gasteiger partial charge in [-0.05, 0) is 29.8 Å². The minimum atomic E-state index is -0.321. The first-order chi connectivity index (χ1) is 7.59. The monoisotopic (exact) mass is 255 g/mol. The van der Waals surface area contributed by atoms with Gasteiger partial charge < -0.3 is 5.73 Å². The lowest BCUT2D eigenvalue weighted by molar-refractivity contribution is 0.673. The third-order valence-corrected chi connectivity index (χ3v) is 3.05. The summed E-state index contributed by atoms with van der Waals surface area (Å²) in [5.41, 5.74) is 7.82. The van der Waals surface area contributed by atoms with Crippen molar-refractivity contribution < 1.29 is 0 Å². The van der Waals surface area contributed by atoms with Crippen molar-refractivity contribution in [2.24, 2.45) is 12.8 Å². The van der Waals surface area contributed by atoms with Crippen LogP contribution in [0.2, 0.25) is 10.0 Å². The van der Waals surface area contributed by atoms with Gasteiger partial charge in [-0.25, -0.2) is 0 Å². The molecule has 0 aliphatic rings. The van der Waals surface area contributed by atoms with Gasteiger partial charge in [0.05, 0.1) is 11.7 Å². The van der Waals surface area contributed by atoms with Crippen molar-refractivity contribution in [3.63, 3.8) is 0 Å². The summed E-state index contributed by atoms with van der Waals surface area (Å²) >= 11 is 12.0. The molecule has 16 heavy (non-hydrogen) atoms. The van der Waals surface area contributed by atoms with Crippen LogP contribution in [-0.4, -0.2) is 9.78 Å². The van der Waals surface area contributed by atoms with Crippen LogP contribution in [0.4, 0.5) is 0 Å². The number of nitrogens with two attached hydrogens (primary N) is 1. The van der Waals surface area contributed by atoms with Crippen molar-refractivity contribution in [1.29, 1.82) is 0 Å². The Morgan fingerprint density at radius 2 is 2.06 bits per heavy atom. The van der Waals surface area contributed by atoms with E-state index < -0.39 is 0 Å². The molecule has 2 rings (SSSR count). The molecular formula is C11H11Cl2N3. The van der Waals surface area contributed by atoms with E-state index in [0.717, 1.165) is 11.3 Å². The van der Waals surface area contributed by atoms with Crippen molar-refractivity contribution in [2.45, 2.75) is 6.04 Å². The Morgan fingerprint density at radius 3 is 2.69 bits per heavy atom. The molecule has 1 aromatic carbocycles. The van der Waals surface area contributed by atoms with Gasteiger partial charge in [0, 0.05) is 23.3 Å². The minimum absolute atomic E-state index is 0.321. The molecule has 0 bridgehead atoms. The average Bonchev–Trinajstić information content (AvgIpc) is 2.67. The fourth-order valence-corrected chi connectivity index (χ4v) is 2.02. The number of hydrogen-bond donors (Lipinski definition) is 1. The van der Waals surface area contributed by atoms with E-state index in [0.29, 0.717) is 10.0 Å². The molecule has 0 saturated carbocycles. The van der Waals surface area contributed by atoms with Crippen LogP contribution in [0.3, 0.4) is 0 Å². The summed E-state index contributed by atoms with van der Waals surface area (Å²) in [5, 5.41) is 5.31. The van der Waals surface area contributed by atoms with Gasteiger partial charge in [-0.3, -0.25) is 4.68 Å². The van der Waals surface area contributed by atoms with Crippen LogP contribution >= 0.6 is 23.2 Å². The zero-order valence-corrected chi connectivity index (χ0v) is 10.2. The highest BCUT2D eigenvalue weighted by molar-refractivity contribution is 6.33. The molecular weight excluding hydrogens is 245 g/mol. The Labute approximate surface area is 104 Å². The van der Waals surface area contributed by atoms with E-state index in [1.54, 1.807) is 29.1 Å². The van der Waals surface area contributed by atoms with Gasteiger partial charge in [0.2, 0.25) is 0 Å². The van der Waals surface area contributed by atoms with Gasteiger partial charge in [0.1, 0.15) is 0 Å². The summed E-state index contributed by atoms with van der Waals surface area (Å²) in [4.78, 5) is 0. The van der Waals surface area contributed by atoms with E-state index in [9.17, 15) is 0 Å². The fourth-order valence-electron chi connectivity index (χ4n) is 1.60. The Morgan fingerprint density at radius 1 is 1.31 bits per heavy atom. The predicted octanol–water partition coefficient (Wildman–Crippen LogP) is 2.78. The first-order valence-electron chi connectivity index (χ1n) is 4.78. The molecule has 1 unspecified atom stereocenters. The van der Waals surface area contributed by atoms with E-state index >= 15 is 0 Å². The number of aryl methyl sites for hydroxylation is 1. The van der Waals surface area contributed by atoms with E-state index in [4.69, 9.17) is 28.9 Å². The molecule has 2 aromatic rings. The maximum Gasteiger partial charge on any atom is 0.0738 e. The molecule has 3 nitrogen and oxygen atoms in total. The summed E-state index contributed by atoms with van der Waals surface area (Å²) in [6, 6.07) is 6.81. The van der Waals surface area contributed by atoms with Gasteiger partial charge in [0.25, 0.3) is 0 Å². The molecule has 1 atom stereocenters. The second kappa shape index (κ2) is 4.45. The molecule has 2 N–H and O–H groups in total. The predicted molar refractivity (Wildman–Crippen MR) is 65.7 cm³/mol. The van der Waals surface area contributed by atoms with Gasteiger partial charge in [-0.15, -0.1) is 0 Å². The average molecular weight is 256 g/mol. The summed E-state index contributed by atoms with van der Waals surface area (Å²) < 4.78 is 1.72. The van der Waals surface area contributed by atoms with E-state index in [1.165, 1.54) is 0 Å². The SMILES string of the molecule is Cn1nccc1C(N)c1cc(Cl)ccc1Cl. The molecule has 0 radical (unpaired) electrons. The standard InChI is InChI=1S/C11H11Cl2N3/c1-16-10(4-5-15-16)11(14)8-6-7(12)2-3-9(8)13/h2-6,11H,14H2,1H3. The fraction of sp³-hybridized carbons (Fsp3) is 0.182. The van der Waals surface area contributed by atoms with E-state index in [-0.39, 0.29) is 6.04 Å². The molecule has 0 aliphatic heterocycles. The molecule has 0 fully saturated rings. The molecule has 84 valence electrons. The van der Waals surface area contributed by atoms with Crippen LogP contribution in [0.25, 0.3) is 0 Å². The maximum absolute atomic E-state index is 6.13. The van der Waals surface area contributed by atoms with Crippen LogP contribution < -0.4 is 5.73 Å². The quantitative estimate of drug-likeness (QED) is 0.897. The summed E-state index contributed by atoms with van der Waals surface area (Å²) in [5.74, 6) is 0. The van der Waals surface area contributed by atoms with Crippen LogP contribution in [-0.2, 0) is 7.05 Å². The van der Waals surface area contributed by atoms with E-state index in [2.05, 4.69) is 5.10 Å². The summed E-state index contributed by atoms with van der Waals surface area (Å²) in [6.07, 6.45) is 1.70. The van der Waals surface area contributed by atoms with Gasteiger partial charge >= 0.3 is 0 Å². The molecule has 0 saturated heterocycles. The van der Waals surface area contributed by atoms with Crippen LogP contribution in [0.15, 0.2) is 30.5 Å². The van der Waals surface area contributed by atoms with Crippen LogP contribution in [0.5, 0.6) is 0 Å². The van der Waals surface area contributed by atoms with Gasteiger partial charge in [-0.2, -0.15) is 5.10 Å². The first kappa shape index (κ1) is 11.5. The highest BCUT2D eigenvalue weighted by Crippen LogP contribution is 2.28. The summed E-state index contributed by atoms with van der Waals surface area (Å²) in [7, 11) is 1.84. The molecule has 1 heterocycles. The van der Waals surface area contributed by atoms with Crippen molar-refractivity contribution in [1.82, 2.24) is 9.78 Å². The Hall–Kier alpha value is -1.03. The highest BCUT2D eigenvalue weighted by atomic mass is 35.5. The lowest BCUT2D eigenvalue weighted by Gasteiger charge is -2.14. The van der Waals surface area contributed by atoms with Crippen LogP contribution in [0.1, 0.15) is 17.3 Å². The zero-order valence-electron chi connectivity index (χ0n) is 8.69. The lowest BCUT2D eigenvalue weighted by atomic mass is 10.0. The second-order valence-corrected chi connectivity index (χ2v) is 4.37. The number of rotatable bonds is 2. The molecule has 0 amide bonds. The second-order valence-electron chi connectivity index (χ2n) is 3.52. The van der Waals surface area contributed by atoms with Crippen LogP contribution in [0, 0.1) is 0 Å². The lowest BCUT2D eigenvalue weighted by Crippen LogP contribution is -2.16. The minimum Gasteiger partial charge on any atom is -0.319 e. The van der Waals surface area contributed by atoms with Crippen molar-refractivity contribution in [3.05, 3.63) is 51.8 Å². The Kier molecular flexibility index (Phi) is 3.19. The number of hydrogen-bond acceptors (Lipinski definition) is 2. The third-order valence-electron chi connectivity index (χ3n) is 2.47. The Balaban J connectivity index is 2.45. The summed E-state index contributed by atoms with van der Waals surface area (Å²) in [6.45, 7) is 0. The normalized spacial score (nSPS) is 12.8. The third kappa shape index (κ3) is 2.07. The number of nitrogens with zero attached hydrogens (tertiary/aromatic N) is 2. The van der Waals surface area contributed by atoms with Gasteiger partial charge in [-0.1, -0.05) is 23.2 Å². The molecule has 0 spiro atoms. The first-order valence-corrected chi connectivity index (χ1v) is 5.53. The number of aromatic nitrogens is 2. The molecule has 1 aromatic heterocycles. The smallest absolute Gasteiger partial charge is 0.0738 e. The maximum atomic E-state index is 6.13. The largest absolute Gasteiger partial charge is 0.319 e.